The number of thiophene rings is 1. The smallest absolute Gasteiger partial charge is 0.274 e. The zero-order valence-electron chi connectivity index (χ0n) is 18.5. The van der Waals surface area contributed by atoms with Gasteiger partial charge in [0.05, 0.1) is 33.6 Å². The first kappa shape index (κ1) is 22.0. The van der Waals surface area contributed by atoms with Crippen LogP contribution in [0.2, 0.25) is 0 Å². The van der Waals surface area contributed by atoms with E-state index in [1.165, 1.54) is 18.3 Å². The number of sulfone groups is 1. The largest absolute Gasteiger partial charge is 0.339 e. The number of carbonyl (C=O) groups is 2. The van der Waals surface area contributed by atoms with Crippen molar-refractivity contribution >= 4 is 44.0 Å². The van der Waals surface area contributed by atoms with E-state index in [0.717, 1.165) is 10.4 Å². The summed E-state index contributed by atoms with van der Waals surface area (Å²) in [5.41, 5.74) is 2.18. The molecule has 174 valence electrons. The summed E-state index contributed by atoms with van der Waals surface area (Å²) < 4.78 is 26.3. The van der Waals surface area contributed by atoms with Crippen molar-refractivity contribution in [3.05, 3.63) is 35.1 Å². The lowest BCUT2D eigenvalue weighted by molar-refractivity contribution is -0.130. The van der Waals surface area contributed by atoms with Crippen molar-refractivity contribution in [2.45, 2.75) is 26.3 Å². The first-order valence-corrected chi connectivity index (χ1v) is 13.6. The van der Waals surface area contributed by atoms with Crippen LogP contribution in [0.1, 0.15) is 35.7 Å². The third kappa shape index (κ3) is 4.04. The third-order valence-electron chi connectivity index (χ3n) is 6.42. The van der Waals surface area contributed by atoms with Crippen LogP contribution in [-0.2, 0) is 14.6 Å². The van der Waals surface area contributed by atoms with Crippen molar-refractivity contribution in [2.75, 3.05) is 37.7 Å². The number of nitrogens with zero attached hydrogens (tertiary/aromatic N) is 5. The van der Waals surface area contributed by atoms with Gasteiger partial charge >= 0.3 is 0 Å². The molecule has 5 heterocycles. The van der Waals surface area contributed by atoms with E-state index in [9.17, 15) is 18.0 Å². The molecule has 2 aliphatic rings. The number of rotatable bonds is 3. The maximum absolute atomic E-state index is 13.6. The number of carbonyl (C=O) groups excluding carboxylic acids is 2. The zero-order valence-corrected chi connectivity index (χ0v) is 20.2. The van der Waals surface area contributed by atoms with Gasteiger partial charge in [0.2, 0.25) is 5.91 Å². The Balaban J connectivity index is 1.60. The normalized spacial score (nSPS) is 20.5. The number of piperazine rings is 1. The summed E-state index contributed by atoms with van der Waals surface area (Å²) in [5, 5.41) is 1.95. The highest BCUT2D eigenvalue weighted by molar-refractivity contribution is 7.91. The van der Waals surface area contributed by atoms with Crippen molar-refractivity contribution in [3.8, 4) is 10.6 Å². The second-order valence-corrected chi connectivity index (χ2v) is 11.8. The second kappa shape index (κ2) is 8.21. The van der Waals surface area contributed by atoms with E-state index in [1.807, 2.05) is 35.1 Å². The second-order valence-electron chi connectivity index (χ2n) is 8.59. The van der Waals surface area contributed by atoms with Crippen LogP contribution in [-0.4, -0.2) is 82.3 Å². The Bertz CT molecular complexity index is 1340. The van der Waals surface area contributed by atoms with E-state index in [-0.39, 0.29) is 35.1 Å². The number of hydrogen-bond acceptors (Lipinski definition) is 7. The third-order valence-corrected chi connectivity index (χ3v) is 9.06. The molecule has 33 heavy (non-hydrogen) atoms. The van der Waals surface area contributed by atoms with Crippen molar-refractivity contribution in [1.82, 2.24) is 24.3 Å². The van der Waals surface area contributed by atoms with E-state index in [2.05, 4.69) is 4.98 Å². The summed E-state index contributed by atoms with van der Waals surface area (Å²) in [6, 6.07) is 5.59. The summed E-state index contributed by atoms with van der Waals surface area (Å²) in [6.07, 6.45) is 0.529. The van der Waals surface area contributed by atoms with Gasteiger partial charge < -0.3 is 14.4 Å². The Morgan fingerprint density at radius 3 is 2.45 bits per heavy atom. The van der Waals surface area contributed by atoms with Gasteiger partial charge in [0.15, 0.2) is 15.5 Å². The van der Waals surface area contributed by atoms with Crippen LogP contribution in [0.5, 0.6) is 0 Å². The molecular formula is C22H25N5O4S2. The highest BCUT2D eigenvalue weighted by atomic mass is 32.2. The molecule has 0 saturated carbocycles. The van der Waals surface area contributed by atoms with Gasteiger partial charge in [-0.1, -0.05) is 6.07 Å². The Labute approximate surface area is 196 Å². The fourth-order valence-electron chi connectivity index (χ4n) is 4.72. The molecule has 0 bridgehead atoms. The van der Waals surface area contributed by atoms with Gasteiger partial charge in [-0.25, -0.2) is 18.4 Å². The van der Waals surface area contributed by atoms with E-state index in [1.54, 1.807) is 9.80 Å². The SMILES string of the molecule is CC(=O)N1CCN(C(=O)c2nc(-c3cccs3)cc3c2nc(C)n3C2CCS(=O)(=O)C2)CC1. The molecule has 5 rings (SSSR count). The lowest BCUT2D eigenvalue weighted by Crippen LogP contribution is -2.50. The number of amides is 2. The molecule has 3 aromatic rings. The minimum absolute atomic E-state index is 0.00295. The van der Waals surface area contributed by atoms with Crippen LogP contribution in [0.25, 0.3) is 21.6 Å². The van der Waals surface area contributed by atoms with Gasteiger partial charge in [-0.3, -0.25) is 9.59 Å². The summed E-state index contributed by atoms with van der Waals surface area (Å²) in [4.78, 5) is 39.0. The number of fused-ring (bicyclic) bond motifs is 1. The predicted octanol–water partition coefficient (Wildman–Crippen LogP) is 2.13. The van der Waals surface area contributed by atoms with Crippen LogP contribution in [0.4, 0.5) is 0 Å². The standard InChI is InChI=1S/C22H25N5O4S2/c1-14-23-20-18(27(14)16-5-11-33(30,31)13-16)12-17(19-4-3-10-32-19)24-21(20)22(29)26-8-6-25(7-9-26)15(2)28/h3-4,10,12,16H,5-9,11,13H2,1-2H3. The number of imidazole rings is 1. The van der Waals surface area contributed by atoms with Crippen LogP contribution < -0.4 is 0 Å². The fraction of sp³-hybridized carbons (Fsp3) is 0.455. The summed E-state index contributed by atoms with van der Waals surface area (Å²) in [6.45, 7) is 5.22. The molecule has 3 aromatic heterocycles. The lowest BCUT2D eigenvalue weighted by Gasteiger charge is -2.34. The topological polar surface area (TPSA) is 105 Å². The monoisotopic (exact) mass is 487 g/mol. The number of hydrogen-bond donors (Lipinski definition) is 0. The molecule has 0 aromatic carbocycles. The van der Waals surface area contributed by atoms with Gasteiger partial charge in [-0.15, -0.1) is 11.3 Å². The van der Waals surface area contributed by atoms with Crippen molar-refractivity contribution < 1.29 is 18.0 Å². The van der Waals surface area contributed by atoms with Gasteiger partial charge in [0.1, 0.15) is 11.3 Å². The molecule has 2 saturated heterocycles. The Hall–Kier alpha value is -2.79. The molecule has 1 atom stereocenters. The quantitative estimate of drug-likeness (QED) is 0.560. The molecular weight excluding hydrogens is 462 g/mol. The molecule has 1 unspecified atom stereocenters. The summed E-state index contributed by atoms with van der Waals surface area (Å²) >= 11 is 1.53. The van der Waals surface area contributed by atoms with E-state index in [0.29, 0.717) is 49.6 Å². The first-order valence-electron chi connectivity index (χ1n) is 10.9. The van der Waals surface area contributed by atoms with Crippen LogP contribution >= 0.6 is 11.3 Å². The Morgan fingerprint density at radius 1 is 1.12 bits per heavy atom. The van der Waals surface area contributed by atoms with Crippen LogP contribution in [0, 0.1) is 6.92 Å². The molecule has 0 N–H and O–H groups in total. The molecule has 9 nitrogen and oxygen atoms in total. The van der Waals surface area contributed by atoms with Gasteiger partial charge in [0.25, 0.3) is 5.91 Å². The molecule has 0 radical (unpaired) electrons. The van der Waals surface area contributed by atoms with Gasteiger partial charge in [-0.2, -0.15) is 0 Å². The fourth-order valence-corrected chi connectivity index (χ4v) is 7.11. The lowest BCUT2D eigenvalue weighted by atomic mass is 10.2. The highest BCUT2D eigenvalue weighted by Crippen LogP contribution is 2.33. The van der Waals surface area contributed by atoms with Crippen molar-refractivity contribution in [1.29, 1.82) is 0 Å². The molecule has 2 amide bonds. The predicted molar refractivity (Wildman–Crippen MR) is 126 cm³/mol. The number of pyridine rings is 1. The maximum atomic E-state index is 13.6. The number of aryl methyl sites for hydroxylation is 1. The zero-order chi connectivity index (χ0) is 23.3. The average Bonchev–Trinajstić information content (AvgIpc) is 3.51. The highest BCUT2D eigenvalue weighted by Gasteiger charge is 2.33. The van der Waals surface area contributed by atoms with Crippen LogP contribution in [0.15, 0.2) is 23.6 Å². The molecule has 2 aliphatic heterocycles. The molecule has 0 aliphatic carbocycles. The Kier molecular flexibility index (Phi) is 5.48. The molecule has 11 heteroatoms. The van der Waals surface area contributed by atoms with E-state index in [4.69, 9.17) is 4.98 Å². The molecule has 0 spiro atoms. The summed E-state index contributed by atoms with van der Waals surface area (Å²) in [7, 11) is -3.09. The maximum Gasteiger partial charge on any atom is 0.274 e. The summed E-state index contributed by atoms with van der Waals surface area (Å²) in [5.74, 6) is 0.694. The van der Waals surface area contributed by atoms with Crippen LogP contribution in [0.3, 0.4) is 0 Å². The number of aromatic nitrogens is 3. The molecule has 2 fully saturated rings. The van der Waals surface area contributed by atoms with E-state index < -0.39 is 9.84 Å². The first-order chi connectivity index (χ1) is 15.7. The van der Waals surface area contributed by atoms with Gasteiger partial charge in [-0.05, 0) is 30.9 Å². The Morgan fingerprint density at radius 2 is 1.85 bits per heavy atom. The average molecular weight is 488 g/mol. The minimum atomic E-state index is -3.09. The van der Waals surface area contributed by atoms with Gasteiger partial charge in [0, 0.05) is 33.1 Å². The van der Waals surface area contributed by atoms with Crippen molar-refractivity contribution in [3.63, 3.8) is 0 Å². The van der Waals surface area contributed by atoms with Crippen molar-refractivity contribution in [2.24, 2.45) is 0 Å². The van der Waals surface area contributed by atoms with E-state index >= 15 is 0 Å². The minimum Gasteiger partial charge on any atom is -0.339 e.